The summed E-state index contributed by atoms with van der Waals surface area (Å²) in [6.45, 7) is -1.45. The van der Waals surface area contributed by atoms with Gasteiger partial charge in [-0.05, 0) is 0 Å². The topological polar surface area (TPSA) is 294 Å². The van der Waals surface area contributed by atoms with Gasteiger partial charge in [0.25, 0.3) is 0 Å². The van der Waals surface area contributed by atoms with Gasteiger partial charge in [0.05, 0.1) is 13.2 Å². The van der Waals surface area contributed by atoms with Crippen LogP contribution >= 0.6 is 15.6 Å². The van der Waals surface area contributed by atoms with E-state index in [1.54, 1.807) is 0 Å². The van der Waals surface area contributed by atoms with Crippen LogP contribution < -0.4 is 29.4 Å². The Hall–Kier alpha value is 3.76. The Balaban J connectivity index is -0.0000000592. The van der Waals surface area contributed by atoms with E-state index in [0.717, 1.165) is 0 Å². The fraction of sp³-hybridized carbons (Fsp3) is 1.00. The Bertz CT molecular complexity index is 312. The Kier molecular flexibility index (Phi) is 38.4. The van der Waals surface area contributed by atoms with Crippen LogP contribution in [0.4, 0.5) is 0 Å². The summed E-state index contributed by atoms with van der Waals surface area (Å²) in [6.07, 6.45) is -6.39. The van der Waals surface area contributed by atoms with Gasteiger partial charge in [-0.1, -0.05) is 0 Å². The fourth-order valence-electron chi connectivity index (χ4n) is 0.671. The zero-order valence-corrected chi connectivity index (χ0v) is 21.1. The number of aliphatic hydroxyl groups is 6. The summed E-state index contributed by atoms with van der Waals surface area (Å²) in [6, 6.07) is 0. The zero-order valence-electron chi connectivity index (χ0n) is 12.7. The van der Waals surface area contributed by atoms with Crippen molar-refractivity contribution in [3.05, 3.63) is 0 Å². The summed E-state index contributed by atoms with van der Waals surface area (Å²) in [5.41, 5.74) is 0. The number of aliphatic hydroxyl groups excluding tert-OH is 6. The van der Waals surface area contributed by atoms with E-state index < -0.39 is 53.3 Å². The quantitative estimate of drug-likeness (QED) is 0.153. The summed E-state index contributed by atoms with van der Waals surface area (Å²) in [4.78, 5) is 51.3. The van der Waals surface area contributed by atoms with E-state index in [2.05, 4.69) is 0 Å². The molecule has 0 radical (unpaired) electrons. The molecule has 4 unspecified atom stereocenters. The normalized spacial score (nSPS) is 15.0. The van der Waals surface area contributed by atoms with Crippen LogP contribution in [-0.4, -0.2) is 181 Å². The molecule has 0 aromatic carbocycles. The third kappa shape index (κ3) is 47.2. The third-order valence-electron chi connectivity index (χ3n) is 1.51. The monoisotopic (exact) mass is 492 g/mol. The second-order valence-corrected chi connectivity index (χ2v) is 5.16. The van der Waals surface area contributed by atoms with Crippen molar-refractivity contribution in [1.82, 2.24) is 0 Å². The van der Waals surface area contributed by atoms with Crippen molar-refractivity contribution >= 4 is 129 Å². The maximum atomic E-state index is 8.96. The first-order valence-corrected chi connectivity index (χ1v) is 7.86. The molecule has 0 saturated carbocycles. The molecular weight excluding hydrogens is 478 g/mol. The second kappa shape index (κ2) is 22.4. The molecule has 0 aliphatic carbocycles. The first-order valence-electron chi connectivity index (χ1n) is 4.94. The van der Waals surface area contributed by atoms with Crippen LogP contribution in [0, 0.1) is 0 Å². The largest absolute Gasteiger partial charge is 2.00 e. The molecule has 0 spiro atoms. The summed E-state index contributed by atoms with van der Waals surface area (Å²) < 4.78 is 17.1. The van der Waals surface area contributed by atoms with E-state index >= 15 is 0 Å². The van der Waals surface area contributed by atoms with E-state index in [4.69, 9.17) is 69.1 Å². The zero-order chi connectivity index (χ0) is 18.7. The van der Waals surface area contributed by atoms with Gasteiger partial charge in [0.2, 0.25) is 0 Å². The Morgan fingerprint density at radius 2 is 0.720 bits per heavy atom. The van der Waals surface area contributed by atoms with Crippen LogP contribution in [0.1, 0.15) is 0 Å². The molecule has 0 aliphatic rings. The van der Waals surface area contributed by atoms with Crippen LogP contribution in [0.3, 0.4) is 0 Å². The third-order valence-corrected chi connectivity index (χ3v) is 1.51. The minimum Gasteiger partial charge on any atom is -0.822 e. The molecule has 0 fully saturated rings. The van der Waals surface area contributed by atoms with Crippen LogP contribution in [0.15, 0.2) is 0 Å². The summed E-state index contributed by atoms with van der Waals surface area (Å²) >= 11 is 0. The first-order chi connectivity index (χ1) is 9.54. The van der Waals surface area contributed by atoms with Crippen molar-refractivity contribution < 1.29 is 69.1 Å². The maximum Gasteiger partial charge on any atom is 2.00 e. The van der Waals surface area contributed by atoms with E-state index in [-0.39, 0.29) is 113 Å². The average Bonchev–Trinajstić information content (AvgIpc) is 2.30. The number of phosphoric acid groups is 2. The van der Waals surface area contributed by atoms with Crippen molar-refractivity contribution in [2.45, 2.75) is 24.4 Å². The molecule has 14 nitrogen and oxygen atoms in total. The Morgan fingerprint density at radius 3 is 0.800 bits per heavy atom. The number of rotatable bonds is 5. The molecule has 0 aliphatic heterocycles. The van der Waals surface area contributed by atoms with Crippen molar-refractivity contribution in [3.8, 4) is 0 Å². The Labute approximate surface area is 232 Å². The van der Waals surface area contributed by atoms with Gasteiger partial charge in [0, 0.05) is 0 Å². The molecule has 0 aromatic rings. The molecule has 0 saturated heterocycles. The molecule has 25 heavy (non-hydrogen) atoms. The van der Waals surface area contributed by atoms with E-state index in [1.807, 2.05) is 0 Å². The van der Waals surface area contributed by atoms with E-state index in [1.165, 1.54) is 0 Å². The fourth-order valence-corrected chi connectivity index (χ4v) is 0.671. The SMILES string of the molecule is O=P([O-])([O-])[O-].O=P([O-])([O-])[O-].OCC(O)C(O)C(O)C(O)CO.[Ca+2].[Ca+2].[Ca+2]. The first kappa shape index (κ1) is 42.8. The van der Waals surface area contributed by atoms with Crippen molar-refractivity contribution in [2.24, 2.45) is 0 Å². The molecule has 0 bridgehead atoms. The van der Waals surface area contributed by atoms with E-state index in [0.29, 0.717) is 0 Å². The average molecular weight is 492 g/mol. The van der Waals surface area contributed by atoms with Crippen molar-refractivity contribution in [2.75, 3.05) is 13.2 Å². The molecular formula is C6H14Ca3O14P2. The summed E-state index contributed by atoms with van der Waals surface area (Å²) in [5, 5.41) is 52.2. The van der Waals surface area contributed by atoms with Crippen LogP contribution in [0.5, 0.6) is 0 Å². The van der Waals surface area contributed by atoms with Gasteiger partial charge >= 0.3 is 113 Å². The minimum atomic E-state index is -5.39. The van der Waals surface area contributed by atoms with Gasteiger partial charge in [-0.3, -0.25) is 0 Å². The molecule has 4 atom stereocenters. The van der Waals surface area contributed by atoms with Gasteiger partial charge in [0.1, 0.15) is 24.4 Å². The van der Waals surface area contributed by atoms with Gasteiger partial charge in [-0.15, -0.1) is 0 Å². The molecule has 138 valence electrons. The van der Waals surface area contributed by atoms with Gasteiger partial charge in [0.15, 0.2) is 0 Å². The Morgan fingerprint density at radius 1 is 0.600 bits per heavy atom. The smallest absolute Gasteiger partial charge is 0.822 e. The van der Waals surface area contributed by atoms with Gasteiger partial charge in [-0.2, -0.15) is 15.6 Å². The predicted octanol–water partition coefficient (Wildman–Crippen LogP) is -10.4. The summed E-state index contributed by atoms with van der Waals surface area (Å²) in [5.74, 6) is 0. The standard InChI is InChI=1S/C6H14O6.3Ca.2H3O4P/c7-1-3(9)5(11)6(12)4(10)2-8;;;;2*1-5(2,3)4/h3-12H,1-2H2;;;;2*(H3,1,2,3,4)/q;3*+2;;/p-6. The number of hydrogen-bond donors (Lipinski definition) is 6. The van der Waals surface area contributed by atoms with E-state index in [9.17, 15) is 0 Å². The molecule has 0 aromatic heterocycles. The van der Waals surface area contributed by atoms with Crippen molar-refractivity contribution in [1.29, 1.82) is 0 Å². The van der Waals surface area contributed by atoms with Gasteiger partial charge in [-0.25, -0.2) is 0 Å². The summed E-state index contributed by atoms with van der Waals surface area (Å²) in [7, 11) is -10.8. The predicted molar refractivity (Wildman–Crippen MR) is 70.7 cm³/mol. The molecule has 19 heteroatoms. The minimum absolute atomic E-state index is 0. The second-order valence-electron chi connectivity index (χ2n) is 3.38. The van der Waals surface area contributed by atoms with Crippen molar-refractivity contribution in [3.63, 3.8) is 0 Å². The maximum absolute atomic E-state index is 8.96. The molecule has 0 amide bonds. The van der Waals surface area contributed by atoms with Gasteiger partial charge < -0.3 is 69.1 Å². The van der Waals surface area contributed by atoms with Crippen LogP contribution in [0.25, 0.3) is 0 Å². The molecule has 6 N–H and O–H groups in total. The molecule has 0 rings (SSSR count). The molecule has 0 heterocycles. The van der Waals surface area contributed by atoms with Crippen LogP contribution in [0.2, 0.25) is 0 Å². The van der Waals surface area contributed by atoms with Crippen LogP contribution in [-0.2, 0) is 9.13 Å². The number of hydrogen-bond acceptors (Lipinski definition) is 14.